The first-order valence-electron chi connectivity index (χ1n) is 7.66. The molecule has 0 saturated carbocycles. The first-order valence-corrected chi connectivity index (χ1v) is 8.54. The SMILES string of the molecule is CCC(CC)C(=O)NCC1CCCN(c2nccs2)C1. The summed E-state index contributed by atoms with van der Waals surface area (Å²) in [5.74, 6) is 0.945. The largest absolute Gasteiger partial charge is 0.356 e. The quantitative estimate of drug-likeness (QED) is 0.877. The van der Waals surface area contributed by atoms with Crippen LogP contribution in [-0.2, 0) is 4.79 Å². The van der Waals surface area contributed by atoms with Crippen LogP contribution in [0.3, 0.4) is 0 Å². The van der Waals surface area contributed by atoms with E-state index in [1.165, 1.54) is 12.8 Å². The van der Waals surface area contributed by atoms with Crippen LogP contribution >= 0.6 is 11.3 Å². The zero-order chi connectivity index (χ0) is 14.4. The highest BCUT2D eigenvalue weighted by Gasteiger charge is 2.23. The highest BCUT2D eigenvalue weighted by atomic mass is 32.1. The van der Waals surface area contributed by atoms with E-state index in [-0.39, 0.29) is 11.8 Å². The third-order valence-electron chi connectivity index (χ3n) is 4.13. The van der Waals surface area contributed by atoms with E-state index in [9.17, 15) is 4.79 Å². The van der Waals surface area contributed by atoms with E-state index in [2.05, 4.69) is 29.0 Å². The number of carbonyl (C=O) groups excluding carboxylic acids is 1. The Morgan fingerprint density at radius 2 is 2.35 bits per heavy atom. The molecular weight excluding hydrogens is 270 g/mol. The number of hydrogen-bond acceptors (Lipinski definition) is 4. The minimum absolute atomic E-state index is 0.175. The second-order valence-corrected chi connectivity index (χ2v) is 6.40. The van der Waals surface area contributed by atoms with Gasteiger partial charge in [0.05, 0.1) is 0 Å². The number of nitrogens with zero attached hydrogens (tertiary/aromatic N) is 2. The summed E-state index contributed by atoms with van der Waals surface area (Å²) in [5, 5.41) is 6.27. The number of piperidine rings is 1. The van der Waals surface area contributed by atoms with E-state index < -0.39 is 0 Å². The van der Waals surface area contributed by atoms with Gasteiger partial charge in [0, 0.05) is 37.1 Å². The zero-order valence-corrected chi connectivity index (χ0v) is 13.3. The molecule has 0 aliphatic carbocycles. The van der Waals surface area contributed by atoms with Gasteiger partial charge in [0.15, 0.2) is 5.13 Å². The normalized spacial score (nSPS) is 19.4. The lowest BCUT2D eigenvalue weighted by molar-refractivity contribution is -0.125. The predicted molar refractivity (Wildman–Crippen MR) is 84.1 cm³/mol. The van der Waals surface area contributed by atoms with Crippen LogP contribution in [0.1, 0.15) is 39.5 Å². The topological polar surface area (TPSA) is 45.2 Å². The summed E-state index contributed by atoms with van der Waals surface area (Å²) < 4.78 is 0. The van der Waals surface area contributed by atoms with E-state index in [0.717, 1.165) is 37.6 Å². The van der Waals surface area contributed by atoms with Crippen molar-refractivity contribution in [2.75, 3.05) is 24.5 Å². The Balaban J connectivity index is 1.80. The van der Waals surface area contributed by atoms with Crippen molar-refractivity contribution in [2.24, 2.45) is 11.8 Å². The van der Waals surface area contributed by atoms with Gasteiger partial charge in [0.2, 0.25) is 5.91 Å². The Hall–Kier alpha value is -1.10. The number of carbonyl (C=O) groups is 1. The molecule has 0 spiro atoms. The lowest BCUT2D eigenvalue weighted by Crippen LogP contribution is -2.42. The number of nitrogens with one attached hydrogen (secondary N) is 1. The Morgan fingerprint density at radius 3 is 3.00 bits per heavy atom. The summed E-state index contributed by atoms with van der Waals surface area (Å²) in [5.41, 5.74) is 0. The van der Waals surface area contributed by atoms with Crippen LogP contribution in [0.5, 0.6) is 0 Å². The van der Waals surface area contributed by atoms with E-state index in [4.69, 9.17) is 0 Å². The molecule has 0 aromatic carbocycles. The number of aromatic nitrogens is 1. The molecule has 1 aromatic rings. The smallest absolute Gasteiger partial charge is 0.223 e. The summed E-state index contributed by atoms with van der Waals surface area (Å²) in [4.78, 5) is 18.8. The molecule has 1 N–H and O–H groups in total. The van der Waals surface area contributed by atoms with Crippen molar-refractivity contribution in [3.63, 3.8) is 0 Å². The van der Waals surface area contributed by atoms with Crippen molar-refractivity contribution in [3.8, 4) is 0 Å². The average molecular weight is 295 g/mol. The summed E-state index contributed by atoms with van der Waals surface area (Å²) in [6.07, 6.45) is 6.10. The molecular formula is C15H25N3OS. The predicted octanol–water partition coefficient (Wildman–Crippen LogP) is 2.91. The summed E-state index contributed by atoms with van der Waals surface area (Å²) >= 11 is 1.70. The number of anilines is 1. The third kappa shape index (κ3) is 3.95. The van der Waals surface area contributed by atoms with Crippen molar-refractivity contribution >= 4 is 22.4 Å². The lowest BCUT2D eigenvalue weighted by Gasteiger charge is -2.32. The Kier molecular flexibility index (Phi) is 5.83. The Labute approximate surface area is 125 Å². The maximum absolute atomic E-state index is 12.0. The maximum atomic E-state index is 12.0. The fraction of sp³-hybridized carbons (Fsp3) is 0.733. The zero-order valence-electron chi connectivity index (χ0n) is 12.5. The first kappa shape index (κ1) is 15.3. The molecule has 2 rings (SSSR count). The van der Waals surface area contributed by atoms with Gasteiger partial charge in [-0.25, -0.2) is 4.98 Å². The molecule has 5 heteroatoms. The molecule has 1 amide bonds. The van der Waals surface area contributed by atoms with E-state index in [1.54, 1.807) is 11.3 Å². The third-order valence-corrected chi connectivity index (χ3v) is 4.96. The van der Waals surface area contributed by atoms with Crippen LogP contribution in [0.2, 0.25) is 0 Å². The van der Waals surface area contributed by atoms with Crippen molar-refractivity contribution in [1.29, 1.82) is 0 Å². The first-order chi connectivity index (χ1) is 9.74. The molecule has 1 unspecified atom stereocenters. The fourth-order valence-corrected chi connectivity index (χ4v) is 3.51. The van der Waals surface area contributed by atoms with Crippen LogP contribution in [0.4, 0.5) is 5.13 Å². The molecule has 0 bridgehead atoms. The van der Waals surface area contributed by atoms with E-state index in [1.807, 2.05) is 11.6 Å². The van der Waals surface area contributed by atoms with Gasteiger partial charge in [-0.1, -0.05) is 13.8 Å². The second-order valence-electron chi connectivity index (χ2n) is 5.53. The monoisotopic (exact) mass is 295 g/mol. The van der Waals surface area contributed by atoms with Gasteiger partial charge in [-0.05, 0) is 31.6 Å². The summed E-state index contributed by atoms with van der Waals surface area (Å²) in [6, 6.07) is 0. The number of amides is 1. The molecule has 0 radical (unpaired) electrons. The second kappa shape index (κ2) is 7.62. The molecule has 1 fully saturated rings. The van der Waals surface area contributed by atoms with Crippen molar-refractivity contribution in [3.05, 3.63) is 11.6 Å². The minimum atomic E-state index is 0.175. The molecule has 1 aromatic heterocycles. The molecule has 2 heterocycles. The summed E-state index contributed by atoms with van der Waals surface area (Å²) in [6.45, 7) is 7.07. The van der Waals surface area contributed by atoms with Crippen molar-refractivity contribution < 1.29 is 4.79 Å². The van der Waals surface area contributed by atoms with E-state index in [0.29, 0.717) is 5.92 Å². The molecule has 112 valence electrons. The van der Waals surface area contributed by atoms with Crippen LogP contribution in [-0.4, -0.2) is 30.5 Å². The Morgan fingerprint density at radius 1 is 1.55 bits per heavy atom. The van der Waals surface area contributed by atoms with E-state index >= 15 is 0 Å². The Bertz CT molecular complexity index is 403. The summed E-state index contributed by atoms with van der Waals surface area (Å²) in [7, 11) is 0. The van der Waals surface area contributed by atoms with Gasteiger partial charge in [-0.15, -0.1) is 11.3 Å². The molecule has 4 nitrogen and oxygen atoms in total. The van der Waals surface area contributed by atoms with Gasteiger partial charge in [0.1, 0.15) is 0 Å². The molecule has 20 heavy (non-hydrogen) atoms. The van der Waals surface area contributed by atoms with Crippen LogP contribution < -0.4 is 10.2 Å². The van der Waals surface area contributed by atoms with Crippen LogP contribution in [0, 0.1) is 11.8 Å². The molecule has 1 aliphatic rings. The van der Waals surface area contributed by atoms with Gasteiger partial charge in [-0.3, -0.25) is 4.79 Å². The van der Waals surface area contributed by atoms with Gasteiger partial charge in [-0.2, -0.15) is 0 Å². The minimum Gasteiger partial charge on any atom is -0.356 e. The van der Waals surface area contributed by atoms with Crippen LogP contribution in [0.15, 0.2) is 11.6 Å². The number of hydrogen-bond donors (Lipinski definition) is 1. The van der Waals surface area contributed by atoms with Gasteiger partial charge >= 0.3 is 0 Å². The van der Waals surface area contributed by atoms with Gasteiger partial charge in [0.25, 0.3) is 0 Å². The van der Waals surface area contributed by atoms with Gasteiger partial charge < -0.3 is 10.2 Å². The fourth-order valence-electron chi connectivity index (χ4n) is 2.83. The van der Waals surface area contributed by atoms with Crippen LogP contribution in [0.25, 0.3) is 0 Å². The standard InChI is InChI=1S/C15H25N3OS/c1-3-13(4-2)14(19)17-10-12-6-5-8-18(11-12)15-16-7-9-20-15/h7,9,12-13H,3-6,8,10-11H2,1-2H3,(H,17,19). The highest BCUT2D eigenvalue weighted by Crippen LogP contribution is 2.24. The lowest BCUT2D eigenvalue weighted by atomic mass is 9.97. The molecule has 1 saturated heterocycles. The molecule has 1 aliphatic heterocycles. The number of rotatable bonds is 6. The molecule has 1 atom stereocenters. The number of thiazole rings is 1. The van der Waals surface area contributed by atoms with Crippen molar-refractivity contribution in [1.82, 2.24) is 10.3 Å². The van der Waals surface area contributed by atoms with Crippen molar-refractivity contribution in [2.45, 2.75) is 39.5 Å². The average Bonchev–Trinajstić information content (AvgIpc) is 3.01. The maximum Gasteiger partial charge on any atom is 0.223 e. The highest BCUT2D eigenvalue weighted by molar-refractivity contribution is 7.13.